The van der Waals surface area contributed by atoms with Crippen molar-refractivity contribution in [1.82, 2.24) is 4.90 Å². The van der Waals surface area contributed by atoms with E-state index in [4.69, 9.17) is 5.73 Å². The van der Waals surface area contributed by atoms with E-state index in [0.29, 0.717) is 0 Å². The number of carbonyl (C=O) groups is 1. The van der Waals surface area contributed by atoms with E-state index >= 15 is 0 Å². The lowest BCUT2D eigenvalue weighted by molar-refractivity contribution is -0.123. The van der Waals surface area contributed by atoms with E-state index in [1.165, 1.54) is 32.2 Å². The Kier molecular flexibility index (Phi) is 3.06. The molecule has 0 aromatic carbocycles. The average Bonchev–Trinajstić information content (AvgIpc) is 2.71. The first-order valence-corrected chi connectivity index (χ1v) is 5.81. The number of likely N-dealkylation sites (tertiary alicyclic amines) is 1. The van der Waals surface area contributed by atoms with Gasteiger partial charge in [0, 0.05) is 12.6 Å². The van der Waals surface area contributed by atoms with Gasteiger partial charge < -0.3 is 5.73 Å². The number of rotatable bonds is 2. The number of hydrogen-bond donors (Lipinski definition) is 1. The lowest BCUT2D eigenvalue weighted by atomic mass is 9.96. The van der Waals surface area contributed by atoms with Crippen molar-refractivity contribution in [3.63, 3.8) is 0 Å². The van der Waals surface area contributed by atoms with Gasteiger partial charge in [0.05, 0.1) is 5.92 Å². The first kappa shape index (κ1) is 9.97. The molecular weight excluding hydrogens is 176 g/mol. The fourth-order valence-corrected chi connectivity index (χ4v) is 2.84. The van der Waals surface area contributed by atoms with Crippen LogP contribution in [0.15, 0.2) is 0 Å². The Labute approximate surface area is 85.6 Å². The summed E-state index contributed by atoms with van der Waals surface area (Å²) >= 11 is 0. The van der Waals surface area contributed by atoms with E-state index in [-0.39, 0.29) is 11.8 Å². The molecule has 2 rings (SSSR count). The van der Waals surface area contributed by atoms with Crippen molar-refractivity contribution in [3.05, 3.63) is 0 Å². The quantitative estimate of drug-likeness (QED) is 0.719. The minimum atomic E-state index is -0.104. The molecule has 0 aromatic rings. The molecule has 1 aliphatic heterocycles. The summed E-state index contributed by atoms with van der Waals surface area (Å²) in [4.78, 5) is 13.6. The van der Waals surface area contributed by atoms with Crippen LogP contribution in [-0.4, -0.2) is 29.9 Å². The second-order valence-electron chi connectivity index (χ2n) is 4.67. The Morgan fingerprint density at radius 1 is 1.14 bits per heavy atom. The smallest absolute Gasteiger partial charge is 0.221 e. The molecule has 2 fully saturated rings. The monoisotopic (exact) mass is 196 g/mol. The van der Waals surface area contributed by atoms with E-state index in [1.807, 2.05) is 0 Å². The summed E-state index contributed by atoms with van der Waals surface area (Å²) in [7, 11) is 0. The van der Waals surface area contributed by atoms with Crippen molar-refractivity contribution >= 4 is 5.91 Å². The fourth-order valence-electron chi connectivity index (χ4n) is 2.84. The zero-order valence-corrected chi connectivity index (χ0v) is 8.74. The highest BCUT2D eigenvalue weighted by molar-refractivity contribution is 5.76. The maximum absolute atomic E-state index is 11.1. The SMILES string of the molecule is NC(=O)[C@@H]1CCCN(C2CCCC2)C1. The van der Waals surface area contributed by atoms with Crippen LogP contribution < -0.4 is 5.73 Å². The molecule has 1 atom stereocenters. The van der Waals surface area contributed by atoms with Crippen molar-refractivity contribution in [3.8, 4) is 0 Å². The molecule has 0 aromatic heterocycles. The minimum Gasteiger partial charge on any atom is -0.369 e. The van der Waals surface area contributed by atoms with Gasteiger partial charge in [-0.15, -0.1) is 0 Å². The Hall–Kier alpha value is -0.570. The maximum Gasteiger partial charge on any atom is 0.221 e. The average molecular weight is 196 g/mol. The van der Waals surface area contributed by atoms with E-state index in [0.717, 1.165) is 25.4 Å². The number of nitrogens with two attached hydrogens (primary N) is 1. The summed E-state index contributed by atoms with van der Waals surface area (Å²) in [6, 6.07) is 0.747. The lowest BCUT2D eigenvalue weighted by Gasteiger charge is -2.35. The molecule has 80 valence electrons. The molecular formula is C11H20N2O. The number of hydrogen-bond acceptors (Lipinski definition) is 2. The van der Waals surface area contributed by atoms with Crippen LogP contribution in [0.3, 0.4) is 0 Å². The topological polar surface area (TPSA) is 46.3 Å². The third-order valence-corrected chi connectivity index (χ3v) is 3.70. The van der Waals surface area contributed by atoms with Crippen LogP contribution in [0.4, 0.5) is 0 Å². The van der Waals surface area contributed by atoms with Crippen molar-refractivity contribution in [2.45, 2.75) is 44.6 Å². The first-order chi connectivity index (χ1) is 6.77. The van der Waals surface area contributed by atoms with Crippen LogP contribution in [0.5, 0.6) is 0 Å². The van der Waals surface area contributed by atoms with Gasteiger partial charge in [0.1, 0.15) is 0 Å². The molecule has 1 saturated carbocycles. The molecule has 3 nitrogen and oxygen atoms in total. The van der Waals surface area contributed by atoms with Gasteiger partial charge in [0.25, 0.3) is 0 Å². The van der Waals surface area contributed by atoms with Gasteiger partial charge in [-0.1, -0.05) is 12.8 Å². The highest BCUT2D eigenvalue weighted by atomic mass is 16.1. The second-order valence-corrected chi connectivity index (χ2v) is 4.67. The van der Waals surface area contributed by atoms with Crippen molar-refractivity contribution in [2.24, 2.45) is 11.7 Å². The number of primary amides is 1. The Bertz CT molecular complexity index is 211. The van der Waals surface area contributed by atoms with Gasteiger partial charge in [-0.05, 0) is 32.2 Å². The molecule has 14 heavy (non-hydrogen) atoms. The van der Waals surface area contributed by atoms with Gasteiger partial charge in [-0.2, -0.15) is 0 Å². The Balaban J connectivity index is 1.89. The van der Waals surface area contributed by atoms with Gasteiger partial charge in [-0.25, -0.2) is 0 Å². The van der Waals surface area contributed by atoms with E-state index in [9.17, 15) is 4.79 Å². The van der Waals surface area contributed by atoms with Crippen molar-refractivity contribution in [1.29, 1.82) is 0 Å². The zero-order valence-electron chi connectivity index (χ0n) is 8.74. The molecule has 2 N–H and O–H groups in total. The second kappa shape index (κ2) is 4.30. The lowest BCUT2D eigenvalue weighted by Crippen LogP contribution is -2.45. The van der Waals surface area contributed by atoms with Crippen molar-refractivity contribution < 1.29 is 4.79 Å². The fraction of sp³-hybridized carbons (Fsp3) is 0.909. The van der Waals surface area contributed by atoms with Crippen LogP contribution in [0.25, 0.3) is 0 Å². The number of nitrogens with zero attached hydrogens (tertiary/aromatic N) is 1. The molecule has 3 heteroatoms. The molecule has 2 aliphatic rings. The molecule has 0 bridgehead atoms. The summed E-state index contributed by atoms with van der Waals surface area (Å²) in [5.74, 6) is 0.0112. The Morgan fingerprint density at radius 3 is 2.50 bits per heavy atom. The summed E-state index contributed by atoms with van der Waals surface area (Å²) in [6.45, 7) is 2.09. The van der Waals surface area contributed by atoms with Gasteiger partial charge >= 0.3 is 0 Å². The standard InChI is InChI=1S/C11H20N2O/c12-11(14)9-4-3-7-13(8-9)10-5-1-2-6-10/h9-10H,1-8H2,(H2,12,14)/t9-/m1/s1. The number of amides is 1. The summed E-state index contributed by atoms with van der Waals surface area (Å²) in [6.07, 6.45) is 7.52. The van der Waals surface area contributed by atoms with E-state index < -0.39 is 0 Å². The molecule has 0 spiro atoms. The maximum atomic E-state index is 11.1. The predicted octanol–water partition coefficient (Wildman–Crippen LogP) is 1.13. The van der Waals surface area contributed by atoms with Gasteiger partial charge in [0.15, 0.2) is 0 Å². The molecule has 0 unspecified atom stereocenters. The largest absolute Gasteiger partial charge is 0.369 e. The molecule has 1 amide bonds. The van der Waals surface area contributed by atoms with Crippen LogP contribution in [0.2, 0.25) is 0 Å². The van der Waals surface area contributed by atoms with Gasteiger partial charge in [0.2, 0.25) is 5.91 Å². The number of carbonyl (C=O) groups excluding carboxylic acids is 1. The summed E-state index contributed by atoms with van der Waals surface area (Å²) in [5.41, 5.74) is 5.36. The third kappa shape index (κ3) is 2.08. The zero-order chi connectivity index (χ0) is 9.97. The molecule has 1 aliphatic carbocycles. The van der Waals surface area contributed by atoms with Crippen LogP contribution in [0.1, 0.15) is 38.5 Å². The van der Waals surface area contributed by atoms with E-state index in [1.54, 1.807) is 0 Å². The predicted molar refractivity (Wildman–Crippen MR) is 55.7 cm³/mol. The normalized spacial score (nSPS) is 30.7. The summed E-state index contributed by atoms with van der Waals surface area (Å²) < 4.78 is 0. The van der Waals surface area contributed by atoms with Crippen molar-refractivity contribution in [2.75, 3.05) is 13.1 Å². The third-order valence-electron chi connectivity index (χ3n) is 3.70. The molecule has 1 saturated heterocycles. The van der Waals surface area contributed by atoms with Crippen LogP contribution >= 0.6 is 0 Å². The first-order valence-electron chi connectivity index (χ1n) is 5.81. The van der Waals surface area contributed by atoms with Crippen LogP contribution in [0, 0.1) is 5.92 Å². The van der Waals surface area contributed by atoms with E-state index in [2.05, 4.69) is 4.90 Å². The minimum absolute atomic E-state index is 0.104. The molecule has 1 heterocycles. The number of piperidine rings is 1. The van der Waals surface area contributed by atoms with Crippen LogP contribution in [-0.2, 0) is 4.79 Å². The highest BCUT2D eigenvalue weighted by Crippen LogP contribution is 2.27. The molecule has 0 radical (unpaired) electrons. The Morgan fingerprint density at radius 2 is 1.86 bits per heavy atom. The summed E-state index contributed by atoms with van der Waals surface area (Å²) in [5, 5.41) is 0. The highest BCUT2D eigenvalue weighted by Gasteiger charge is 2.29. The van der Waals surface area contributed by atoms with Gasteiger partial charge in [-0.3, -0.25) is 9.69 Å².